The minimum atomic E-state index is -0.136. The van der Waals surface area contributed by atoms with E-state index in [1.54, 1.807) is 18.3 Å². The van der Waals surface area contributed by atoms with Gasteiger partial charge in [-0.1, -0.05) is 28.1 Å². The highest BCUT2D eigenvalue weighted by Gasteiger charge is 2.15. The van der Waals surface area contributed by atoms with Gasteiger partial charge < -0.3 is 4.42 Å². The molecule has 0 amide bonds. The van der Waals surface area contributed by atoms with Gasteiger partial charge in [-0.25, -0.2) is 4.98 Å². The van der Waals surface area contributed by atoms with E-state index in [4.69, 9.17) is 4.42 Å². The van der Waals surface area contributed by atoms with E-state index >= 15 is 0 Å². The Labute approximate surface area is 132 Å². The van der Waals surface area contributed by atoms with Crippen LogP contribution in [0.3, 0.4) is 0 Å². The lowest BCUT2D eigenvalue weighted by atomic mass is 10.2. The first-order valence-electron chi connectivity index (χ1n) is 5.70. The molecule has 0 atom stereocenters. The number of halogens is 1. The summed E-state index contributed by atoms with van der Waals surface area (Å²) >= 11 is 5.90. The summed E-state index contributed by atoms with van der Waals surface area (Å²) in [5.41, 5.74) is 0.937. The fourth-order valence-electron chi connectivity index (χ4n) is 1.61. The molecular weight excluding hydrogens is 358 g/mol. The van der Waals surface area contributed by atoms with Crippen molar-refractivity contribution in [3.63, 3.8) is 0 Å². The summed E-state index contributed by atoms with van der Waals surface area (Å²) in [5, 5.41) is 1.70. The first-order valence-corrected chi connectivity index (χ1v) is 8.19. The molecule has 0 radical (unpaired) electrons. The summed E-state index contributed by atoms with van der Waals surface area (Å²) in [6.45, 7) is 0. The summed E-state index contributed by atoms with van der Waals surface area (Å²) in [4.78, 5) is 16.1. The summed E-state index contributed by atoms with van der Waals surface area (Å²) in [6.07, 6.45) is 1.68. The van der Waals surface area contributed by atoms with Crippen LogP contribution in [0.2, 0.25) is 0 Å². The number of hydrogen-bond acceptors (Lipinski definition) is 5. The summed E-state index contributed by atoms with van der Waals surface area (Å²) in [6, 6.07) is 11.2. The fraction of sp³-hybridized carbons (Fsp3) is 0. The lowest BCUT2D eigenvalue weighted by molar-refractivity contribution is 0.106. The third kappa shape index (κ3) is 3.03. The SMILES string of the molecule is O=C(Sc1nccs1)c1ccc(-c2ccc(Br)cc2)o1. The van der Waals surface area contributed by atoms with Crippen LogP contribution in [0.5, 0.6) is 0 Å². The van der Waals surface area contributed by atoms with Gasteiger partial charge >= 0.3 is 0 Å². The predicted molar refractivity (Wildman–Crippen MR) is 84.1 cm³/mol. The maximum atomic E-state index is 12.0. The predicted octanol–water partition coefficient (Wildman–Crippen LogP) is 5.10. The van der Waals surface area contributed by atoms with Crippen LogP contribution in [0.4, 0.5) is 0 Å². The van der Waals surface area contributed by atoms with Crippen LogP contribution in [0.15, 0.2) is 61.2 Å². The molecule has 0 fully saturated rings. The first-order chi connectivity index (χ1) is 9.72. The Morgan fingerprint density at radius 2 is 2.00 bits per heavy atom. The molecule has 0 aliphatic carbocycles. The zero-order valence-electron chi connectivity index (χ0n) is 10.1. The second-order valence-corrected chi connectivity index (χ2v) is 6.89. The molecule has 0 aliphatic heterocycles. The molecule has 3 rings (SSSR count). The zero-order chi connectivity index (χ0) is 13.9. The number of benzene rings is 1. The second-order valence-electron chi connectivity index (χ2n) is 3.86. The van der Waals surface area contributed by atoms with Crippen LogP contribution in [-0.4, -0.2) is 10.1 Å². The summed E-state index contributed by atoms with van der Waals surface area (Å²) in [7, 11) is 0. The van der Waals surface area contributed by atoms with Crippen molar-refractivity contribution in [3.05, 3.63) is 58.2 Å². The highest BCUT2D eigenvalue weighted by molar-refractivity contribution is 9.10. The number of thioether (sulfide) groups is 1. The zero-order valence-corrected chi connectivity index (χ0v) is 13.3. The number of carbonyl (C=O) groups excluding carboxylic acids is 1. The molecule has 6 heteroatoms. The number of nitrogens with zero attached hydrogens (tertiary/aromatic N) is 1. The Morgan fingerprint density at radius 3 is 2.70 bits per heavy atom. The number of thiazole rings is 1. The van der Waals surface area contributed by atoms with Gasteiger partial charge in [-0.05, 0) is 36.0 Å². The number of carbonyl (C=O) groups is 1. The molecule has 0 N–H and O–H groups in total. The smallest absolute Gasteiger partial charge is 0.261 e. The van der Waals surface area contributed by atoms with E-state index in [1.807, 2.05) is 29.6 Å². The Morgan fingerprint density at radius 1 is 1.20 bits per heavy atom. The Hall–Kier alpha value is -1.37. The fourth-order valence-corrected chi connectivity index (χ4v) is 3.30. The minimum Gasteiger partial charge on any atom is -0.452 e. The third-order valence-corrected chi connectivity index (χ3v) is 4.82. The molecule has 2 heterocycles. The van der Waals surface area contributed by atoms with Crippen LogP contribution in [0, 0.1) is 0 Å². The molecule has 100 valence electrons. The van der Waals surface area contributed by atoms with Crippen molar-refractivity contribution >= 4 is 44.1 Å². The van der Waals surface area contributed by atoms with Crippen LogP contribution in [0.25, 0.3) is 11.3 Å². The molecule has 1 aromatic carbocycles. The van der Waals surface area contributed by atoms with Gasteiger partial charge in [0.2, 0.25) is 0 Å². The van der Waals surface area contributed by atoms with E-state index in [-0.39, 0.29) is 5.12 Å². The van der Waals surface area contributed by atoms with Gasteiger partial charge in [-0.15, -0.1) is 11.3 Å². The molecule has 3 aromatic rings. The number of aromatic nitrogens is 1. The van der Waals surface area contributed by atoms with Gasteiger partial charge in [0.1, 0.15) is 5.76 Å². The topological polar surface area (TPSA) is 43.1 Å². The van der Waals surface area contributed by atoms with Crippen LogP contribution in [-0.2, 0) is 0 Å². The maximum absolute atomic E-state index is 12.0. The highest BCUT2D eigenvalue weighted by Crippen LogP contribution is 2.29. The number of hydrogen-bond donors (Lipinski definition) is 0. The van der Waals surface area contributed by atoms with E-state index < -0.39 is 0 Å². The van der Waals surface area contributed by atoms with E-state index in [2.05, 4.69) is 20.9 Å². The van der Waals surface area contributed by atoms with Gasteiger partial charge in [0.25, 0.3) is 5.12 Å². The molecule has 2 aromatic heterocycles. The van der Waals surface area contributed by atoms with Crippen LogP contribution < -0.4 is 0 Å². The van der Waals surface area contributed by atoms with Crippen molar-refractivity contribution in [2.45, 2.75) is 4.34 Å². The second kappa shape index (κ2) is 5.95. The quantitative estimate of drug-likeness (QED) is 0.605. The van der Waals surface area contributed by atoms with Gasteiger partial charge in [0.15, 0.2) is 10.1 Å². The Kier molecular flexibility index (Phi) is 4.05. The molecule has 20 heavy (non-hydrogen) atoms. The average molecular weight is 366 g/mol. The molecule has 0 aliphatic rings. The van der Waals surface area contributed by atoms with E-state index in [1.165, 1.54) is 11.3 Å². The average Bonchev–Trinajstić information content (AvgIpc) is 3.10. The normalized spacial score (nSPS) is 10.7. The molecule has 0 unspecified atom stereocenters. The summed E-state index contributed by atoms with van der Waals surface area (Å²) < 4.78 is 7.33. The van der Waals surface area contributed by atoms with E-state index in [0.29, 0.717) is 11.5 Å². The van der Waals surface area contributed by atoms with Crippen molar-refractivity contribution in [3.8, 4) is 11.3 Å². The monoisotopic (exact) mass is 365 g/mol. The van der Waals surface area contributed by atoms with Gasteiger partial charge in [-0.2, -0.15) is 0 Å². The Balaban J connectivity index is 1.79. The van der Waals surface area contributed by atoms with Gasteiger partial charge in [0.05, 0.1) is 0 Å². The van der Waals surface area contributed by atoms with Gasteiger partial charge in [-0.3, -0.25) is 4.79 Å². The van der Waals surface area contributed by atoms with Crippen molar-refractivity contribution in [2.24, 2.45) is 0 Å². The van der Waals surface area contributed by atoms with E-state index in [0.717, 1.165) is 26.1 Å². The molecular formula is C14H8BrNO2S2. The van der Waals surface area contributed by atoms with Gasteiger partial charge in [0, 0.05) is 21.6 Å². The first kappa shape index (κ1) is 13.6. The maximum Gasteiger partial charge on any atom is 0.261 e. The lowest BCUT2D eigenvalue weighted by Crippen LogP contribution is -1.89. The van der Waals surface area contributed by atoms with Crippen LogP contribution >= 0.6 is 39.0 Å². The van der Waals surface area contributed by atoms with Crippen molar-refractivity contribution in [1.82, 2.24) is 4.98 Å². The largest absolute Gasteiger partial charge is 0.452 e. The third-order valence-electron chi connectivity index (χ3n) is 2.53. The lowest BCUT2D eigenvalue weighted by Gasteiger charge is -1.97. The van der Waals surface area contributed by atoms with Crippen molar-refractivity contribution < 1.29 is 9.21 Å². The van der Waals surface area contributed by atoms with Crippen LogP contribution in [0.1, 0.15) is 10.6 Å². The molecule has 3 nitrogen and oxygen atoms in total. The van der Waals surface area contributed by atoms with Crippen molar-refractivity contribution in [1.29, 1.82) is 0 Å². The molecule has 0 saturated carbocycles. The number of furan rings is 1. The van der Waals surface area contributed by atoms with Crippen molar-refractivity contribution in [2.75, 3.05) is 0 Å². The molecule has 0 saturated heterocycles. The molecule has 0 bridgehead atoms. The minimum absolute atomic E-state index is 0.136. The standard InChI is InChI=1S/C14H8BrNO2S2/c15-10-3-1-9(2-4-10)11-5-6-12(18-11)13(17)20-14-16-7-8-19-14/h1-8H. The molecule has 0 spiro atoms. The summed E-state index contributed by atoms with van der Waals surface area (Å²) in [5.74, 6) is 1.02. The van der Waals surface area contributed by atoms with E-state index in [9.17, 15) is 4.79 Å². The highest BCUT2D eigenvalue weighted by atomic mass is 79.9. The Bertz CT molecular complexity index is 720. The number of rotatable bonds is 3.